The molecule has 0 N–H and O–H groups in total. The van der Waals surface area contributed by atoms with Crippen LogP contribution in [0.2, 0.25) is 0 Å². The van der Waals surface area contributed by atoms with E-state index < -0.39 is 57.5 Å². The molecule has 1 aromatic heterocycles. The summed E-state index contributed by atoms with van der Waals surface area (Å²) in [5, 5.41) is -0.134. The summed E-state index contributed by atoms with van der Waals surface area (Å²) in [6.07, 6.45) is -4.42. The van der Waals surface area contributed by atoms with Crippen molar-refractivity contribution in [2.45, 2.75) is 89.5 Å². The summed E-state index contributed by atoms with van der Waals surface area (Å²) in [5.74, 6) is -1.13. The molecule has 5 rings (SSSR count). The van der Waals surface area contributed by atoms with Crippen molar-refractivity contribution in [2.75, 3.05) is 37.7 Å². The lowest BCUT2D eigenvalue weighted by Gasteiger charge is -2.45. The van der Waals surface area contributed by atoms with Crippen LogP contribution in [0.4, 0.5) is 32.6 Å². The number of nitrogens with zero attached hydrogens (tertiary/aromatic N) is 5. The molecule has 232 valence electrons. The Hall–Kier alpha value is -2.48. The van der Waals surface area contributed by atoms with Gasteiger partial charge < -0.3 is 19.3 Å². The van der Waals surface area contributed by atoms with Gasteiger partial charge in [-0.05, 0) is 76.0 Å². The third kappa shape index (κ3) is 5.85. The molecule has 0 bridgehead atoms. The maximum Gasteiger partial charge on any atom is 0.417 e. The van der Waals surface area contributed by atoms with E-state index in [1.807, 2.05) is 4.90 Å². The molecule has 0 unspecified atom stereocenters. The number of carbonyl (C=O) groups excluding carboxylic acids is 1. The lowest BCUT2D eigenvalue weighted by Crippen LogP contribution is -2.59. The van der Waals surface area contributed by atoms with Crippen molar-refractivity contribution in [3.8, 4) is 6.01 Å². The zero-order valence-corrected chi connectivity index (χ0v) is 25.8. The Morgan fingerprint density at radius 2 is 1.86 bits per heavy atom. The Labute approximate surface area is 249 Å². The van der Waals surface area contributed by atoms with Gasteiger partial charge in [0.15, 0.2) is 5.82 Å². The SMILES string of the molecule is C[C@@H]1CN(c2nc(OC[C@@]34CCCN3C[C@H](F)C4)nc3c(F)c(Br)c(C(F)(F)F)cc23)[C@@H](C)CN1C(=O)OC(C)(C)C. The van der Waals surface area contributed by atoms with Gasteiger partial charge in [-0.2, -0.15) is 23.1 Å². The number of benzene rings is 1. The second-order valence-corrected chi connectivity index (χ2v) is 13.4. The molecule has 0 saturated carbocycles. The fraction of sp³-hybridized carbons (Fsp3) is 0.679. The number of hydrogen-bond donors (Lipinski definition) is 0. The predicted octanol–water partition coefficient (Wildman–Crippen LogP) is 6.34. The smallest absolute Gasteiger partial charge is 0.417 e. The van der Waals surface area contributed by atoms with E-state index in [9.17, 15) is 22.4 Å². The monoisotopic (exact) mass is 663 g/mol. The van der Waals surface area contributed by atoms with Crippen molar-refractivity contribution >= 4 is 38.7 Å². The fourth-order valence-electron chi connectivity index (χ4n) is 6.30. The number of alkyl halides is 4. The van der Waals surface area contributed by atoms with Crippen molar-refractivity contribution in [3.63, 3.8) is 0 Å². The number of hydrogen-bond acceptors (Lipinski definition) is 7. The first kappa shape index (κ1) is 31.0. The second-order valence-electron chi connectivity index (χ2n) is 12.6. The van der Waals surface area contributed by atoms with Gasteiger partial charge in [-0.1, -0.05) is 0 Å². The van der Waals surface area contributed by atoms with Gasteiger partial charge in [0.05, 0.1) is 15.6 Å². The van der Waals surface area contributed by atoms with Gasteiger partial charge in [0.25, 0.3) is 0 Å². The van der Waals surface area contributed by atoms with Crippen molar-refractivity contribution in [1.82, 2.24) is 19.8 Å². The molecule has 0 spiro atoms. The summed E-state index contributed by atoms with van der Waals surface area (Å²) in [6, 6.07) is -0.201. The van der Waals surface area contributed by atoms with E-state index in [1.54, 1.807) is 44.4 Å². The highest BCUT2D eigenvalue weighted by Crippen LogP contribution is 2.43. The normalized spacial score (nSPS) is 27.1. The summed E-state index contributed by atoms with van der Waals surface area (Å²) in [4.78, 5) is 26.9. The summed E-state index contributed by atoms with van der Waals surface area (Å²) in [7, 11) is 0. The molecular weight excluding hydrogens is 629 g/mol. The number of halogens is 6. The number of carbonyl (C=O) groups is 1. The Morgan fingerprint density at radius 3 is 2.52 bits per heavy atom. The van der Waals surface area contributed by atoms with Crippen LogP contribution in [-0.2, 0) is 10.9 Å². The number of piperazine rings is 1. The first-order valence-electron chi connectivity index (χ1n) is 14.0. The van der Waals surface area contributed by atoms with Crippen LogP contribution in [0.1, 0.15) is 59.4 Å². The van der Waals surface area contributed by atoms with Crippen molar-refractivity contribution in [2.24, 2.45) is 0 Å². The lowest BCUT2D eigenvalue weighted by molar-refractivity contribution is -0.138. The highest BCUT2D eigenvalue weighted by Gasteiger charge is 2.49. The average molecular weight is 665 g/mol. The van der Waals surface area contributed by atoms with E-state index >= 15 is 4.39 Å². The second kappa shape index (κ2) is 10.9. The minimum absolute atomic E-state index is 0.0608. The van der Waals surface area contributed by atoms with E-state index in [0.717, 1.165) is 25.5 Å². The number of ether oxygens (including phenoxy) is 2. The summed E-state index contributed by atoms with van der Waals surface area (Å²) >= 11 is 2.77. The molecule has 8 nitrogen and oxygen atoms in total. The topological polar surface area (TPSA) is 71.0 Å². The Kier molecular flexibility index (Phi) is 8.04. The minimum atomic E-state index is -4.84. The van der Waals surface area contributed by atoms with Gasteiger partial charge >= 0.3 is 18.3 Å². The van der Waals surface area contributed by atoms with E-state index in [1.165, 1.54) is 0 Å². The first-order chi connectivity index (χ1) is 19.5. The molecule has 0 radical (unpaired) electrons. The maximum atomic E-state index is 15.6. The van der Waals surface area contributed by atoms with Crippen LogP contribution in [0, 0.1) is 5.82 Å². The molecule has 0 aliphatic carbocycles. The van der Waals surface area contributed by atoms with Crippen molar-refractivity contribution in [1.29, 1.82) is 0 Å². The van der Waals surface area contributed by atoms with Gasteiger partial charge in [-0.25, -0.2) is 13.6 Å². The van der Waals surface area contributed by atoms with Crippen molar-refractivity contribution in [3.05, 3.63) is 21.9 Å². The van der Waals surface area contributed by atoms with Gasteiger partial charge in [0, 0.05) is 43.5 Å². The molecule has 1 amide bonds. The van der Waals surface area contributed by atoms with Crippen LogP contribution in [0.15, 0.2) is 10.5 Å². The molecule has 14 heteroatoms. The largest absolute Gasteiger partial charge is 0.461 e. The third-order valence-corrected chi connectivity index (χ3v) is 9.03. The summed E-state index contributed by atoms with van der Waals surface area (Å²) < 4.78 is 82.4. The maximum absolute atomic E-state index is 15.6. The van der Waals surface area contributed by atoms with Gasteiger partial charge in [-0.3, -0.25) is 4.90 Å². The van der Waals surface area contributed by atoms with E-state index in [4.69, 9.17) is 9.47 Å². The summed E-state index contributed by atoms with van der Waals surface area (Å²) in [6.45, 7) is 10.4. The Bertz CT molecular complexity index is 1370. The van der Waals surface area contributed by atoms with Gasteiger partial charge in [-0.15, -0.1) is 0 Å². The average Bonchev–Trinajstić information content (AvgIpc) is 3.39. The summed E-state index contributed by atoms with van der Waals surface area (Å²) in [5.41, 5.74) is -2.77. The van der Waals surface area contributed by atoms with E-state index in [-0.39, 0.29) is 42.4 Å². The van der Waals surface area contributed by atoms with Crippen LogP contribution in [0.25, 0.3) is 10.9 Å². The number of aromatic nitrogens is 2. The van der Waals surface area contributed by atoms with Gasteiger partial charge in [0.2, 0.25) is 0 Å². The molecule has 2 aromatic rings. The Morgan fingerprint density at radius 1 is 1.14 bits per heavy atom. The lowest BCUT2D eigenvalue weighted by atomic mass is 9.95. The predicted molar refractivity (Wildman–Crippen MR) is 150 cm³/mol. The molecule has 3 aliphatic heterocycles. The molecule has 42 heavy (non-hydrogen) atoms. The fourth-order valence-corrected chi connectivity index (χ4v) is 6.83. The van der Waals surface area contributed by atoms with Crippen LogP contribution in [0.3, 0.4) is 0 Å². The van der Waals surface area contributed by atoms with E-state index in [0.29, 0.717) is 13.0 Å². The quantitative estimate of drug-likeness (QED) is 0.354. The van der Waals surface area contributed by atoms with E-state index in [2.05, 4.69) is 25.9 Å². The highest BCUT2D eigenvalue weighted by atomic mass is 79.9. The molecule has 4 heterocycles. The first-order valence-corrected chi connectivity index (χ1v) is 14.8. The van der Waals surface area contributed by atoms with Crippen LogP contribution >= 0.6 is 15.9 Å². The van der Waals surface area contributed by atoms with Crippen LogP contribution < -0.4 is 9.64 Å². The number of rotatable bonds is 4. The highest BCUT2D eigenvalue weighted by molar-refractivity contribution is 9.10. The molecule has 3 aliphatic rings. The zero-order valence-electron chi connectivity index (χ0n) is 24.2. The number of anilines is 1. The number of fused-ring (bicyclic) bond motifs is 2. The standard InChI is InChI=1S/C28H35BrF5N5O3/c1-15-12-39(25(40)42-26(3,4)5)16(2)11-38(15)23-18-9-19(28(32,33)34)20(29)21(31)22(18)35-24(36-23)41-14-27-7-6-8-37(27)13-17(30)10-27/h9,15-17H,6-8,10-14H2,1-5H3/t15-,16+,17+,27-/m0/s1. The zero-order chi connectivity index (χ0) is 30.8. The molecule has 3 fully saturated rings. The molecule has 1 aromatic carbocycles. The van der Waals surface area contributed by atoms with Crippen LogP contribution in [0.5, 0.6) is 6.01 Å². The molecule has 3 saturated heterocycles. The molecular formula is C28H35BrF5N5O3. The molecule has 4 atom stereocenters. The van der Waals surface area contributed by atoms with Crippen molar-refractivity contribution < 1.29 is 36.2 Å². The van der Waals surface area contributed by atoms with Crippen LogP contribution in [-0.4, -0.2) is 88.0 Å². The number of amides is 1. The van der Waals surface area contributed by atoms with Gasteiger partial charge in [0.1, 0.15) is 29.7 Å². The third-order valence-electron chi connectivity index (χ3n) is 8.25. The Balaban J connectivity index is 1.54. The minimum Gasteiger partial charge on any atom is -0.461 e.